The number of halogens is 1. The molecule has 0 unspecified atom stereocenters. The highest BCUT2D eigenvalue weighted by Crippen LogP contribution is 2.29. The number of ether oxygens (including phenoxy) is 2. The highest BCUT2D eigenvalue weighted by atomic mass is 127. The molecule has 2 aromatic carbocycles. The zero-order valence-electron chi connectivity index (χ0n) is 15.8. The van der Waals surface area contributed by atoms with Crippen molar-refractivity contribution < 1.29 is 13.9 Å². The van der Waals surface area contributed by atoms with Crippen molar-refractivity contribution in [1.82, 2.24) is 5.32 Å². The van der Waals surface area contributed by atoms with E-state index in [2.05, 4.69) is 28.6 Å². The van der Waals surface area contributed by atoms with Crippen LogP contribution in [0.4, 0.5) is 5.69 Å². The molecule has 0 bridgehead atoms. The third-order valence-electron chi connectivity index (χ3n) is 4.23. The van der Waals surface area contributed by atoms with Gasteiger partial charge < -0.3 is 24.5 Å². The number of nitrogens with zero attached hydrogens (tertiary/aromatic N) is 1. The highest BCUT2D eigenvalue weighted by molar-refractivity contribution is 14.0. The summed E-state index contributed by atoms with van der Waals surface area (Å²) in [5.74, 6) is 2.86. The number of fused-ring (bicyclic) bond motifs is 1. The summed E-state index contributed by atoms with van der Waals surface area (Å²) in [7, 11) is 4.95. The molecule has 0 aliphatic carbocycles. The van der Waals surface area contributed by atoms with Gasteiger partial charge in [-0.25, -0.2) is 0 Å². The minimum atomic E-state index is 0. The zero-order valence-corrected chi connectivity index (χ0v) is 18.2. The number of para-hydroxylation sites is 1. The first-order valence-corrected chi connectivity index (χ1v) is 8.33. The smallest absolute Gasteiger partial charge is 0.195 e. The van der Waals surface area contributed by atoms with Crippen molar-refractivity contribution in [2.75, 3.05) is 26.6 Å². The summed E-state index contributed by atoms with van der Waals surface area (Å²) in [6, 6.07) is 13.6. The predicted octanol–water partition coefficient (Wildman–Crippen LogP) is 4.56. The van der Waals surface area contributed by atoms with Crippen LogP contribution >= 0.6 is 24.0 Å². The van der Waals surface area contributed by atoms with Crippen LogP contribution < -0.4 is 20.1 Å². The van der Waals surface area contributed by atoms with Gasteiger partial charge >= 0.3 is 0 Å². The van der Waals surface area contributed by atoms with E-state index in [4.69, 9.17) is 13.9 Å². The molecule has 27 heavy (non-hydrogen) atoms. The Kier molecular flexibility index (Phi) is 7.35. The fourth-order valence-electron chi connectivity index (χ4n) is 2.79. The Balaban J connectivity index is 0.00000261. The molecule has 0 amide bonds. The van der Waals surface area contributed by atoms with E-state index in [0.717, 1.165) is 28.0 Å². The van der Waals surface area contributed by atoms with Crippen LogP contribution in [0.2, 0.25) is 0 Å². The first kappa shape index (κ1) is 20.9. The van der Waals surface area contributed by atoms with Crippen molar-refractivity contribution in [1.29, 1.82) is 0 Å². The van der Waals surface area contributed by atoms with E-state index < -0.39 is 0 Å². The summed E-state index contributed by atoms with van der Waals surface area (Å²) >= 11 is 0. The Labute approximate surface area is 176 Å². The van der Waals surface area contributed by atoms with E-state index in [1.54, 1.807) is 21.3 Å². The second-order valence-electron chi connectivity index (χ2n) is 5.77. The third kappa shape index (κ3) is 4.65. The maximum atomic E-state index is 5.93. The highest BCUT2D eigenvalue weighted by Gasteiger charge is 2.11. The fraction of sp³-hybridized carbons (Fsp3) is 0.250. The van der Waals surface area contributed by atoms with Gasteiger partial charge in [0, 0.05) is 29.8 Å². The monoisotopic (exact) mass is 481 g/mol. The third-order valence-corrected chi connectivity index (χ3v) is 4.23. The Morgan fingerprint density at radius 2 is 1.81 bits per heavy atom. The van der Waals surface area contributed by atoms with Crippen molar-refractivity contribution in [3.63, 3.8) is 0 Å². The van der Waals surface area contributed by atoms with Crippen LogP contribution in [0, 0.1) is 6.92 Å². The molecule has 0 saturated carbocycles. The molecule has 0 spiro atoms. The van der Waals surface area contributed by atoms with Gasteiger partial charge in [-0.3, -0.25) is 4.99 Å². The molecule has 0 aliphatic heterocycles. The molecule has 6 nitrogen and oxygen atoms in total. The van der Waals surface area contributed by atoms with E-state index in [1.807, 2.05) is 36.4 Å². The number of rotatable bonds is 5. The Morgan fingerprint density at radius 3 is 2.48 bits per heavy atom. The second-order valence-corrected chi connectivity index (χ2v) is 5.77. The van der Waals surface area contributed by atoms with Crippen LogP contribution in [0.5, 0.6) is 11.5 Å². The van der Waals surface area contributed by atoms with Gasteiger partial charge in [-0.15, -0.1) is 24.0 Å². The molecular formula is C20H24IN3O3. The Morgan fingerprint density at radius 1 is 1.07 bits per heavy atom. The molecule has 0 saturated heterocycles. The van der Waals surface area contributed by atoms with Gasteiger partial charge in [0.2, 0.25) is 0 Å². The largest absolute Gasteiger partial charge is 0.493 e. The first-order chi connectivity index (χ1) is 12.7. The Bertz CT molecular complexity index is 937. The summed E-state index contributed by atoms with van der Waals surface area (Å²) < 4.78 is 16.5. The number of methoxy groups -OCH3 is 2. The second kappa shape index (κ2) is 9.50. The van der Waals surface area contributed by atoms with Gasteiger partial charge in [0.25, 0.3) is 0 Å². The number of guanidine groups is 1. The van der Waals surface area contributed by atoms with Crippen LogP contribution in [-0.2, 0) is 6.54 Å². The molecule has 144 valence electrons. The number of benzene rings is 2. The number of aliphatic imine (C=N–C) groups is 1. The molecule has 3 rings (SSSR count). The van der Waals surface area contributed by atoms with Gasteiger partial charge in [-0.2, -0.15) is 0 Å². The summed E-state index contributed by atoms with van der Waals surface area (Å²) in [6.07, 6.45) is 0. The summed E-state index contributed by atoms with van der Waals surface area (Å²) in [5, 5.41) is 7.65. The number of nitrogens with one attached hydrogen (secondary N) is 2. The van der Waals surface area contributed by atoms with Crippen molar-refractivity contribution >= 4 is 46.6 Å². The average molecular weight is 481 g/mol. The van der Waals surface area contributed by atoms with Gasteiger partial charge in [0.05, 0.1) is 20.8 Å². The van der Waals surface area contributed by atoms with Gasteiger partial charge in [-0.05, 0) is 25.1 Å². The van der Waals surface area contributed by atoms with Gasteiger partial charge in [-0.1, -0.05) is 18.2 Å². The lowest BCUT2D eigenvalue weighted by Crippen LogP contribution is -2.30. The number of hydrogen-bond acceptors (Lipinski definition) is 4. The molecule has 0 radical (unpaired) electrons. The molecule has 0 fully saturated rings. The average Bonchev–Trinajstić information content (AvgIpc) is 3.01. The molecule has 2 N–H and O–H groups in total. The van der Waals surface area contributed by atoms with Crippen LogP contribution in [0.1, 0.15) is 11.3 Å². The standard InChI is InChI=1S/C20H23N3O3.HI/c1-13-15-7-5-6-8-16(15)26-19(13)12-22-20(21-2)23-14-9-10-17(24-3)18(11-14)25-4;/h5-11H,12H2,1-4H3,(H2,21,22,23);1H. The lowest BCUT2D eigenvalue weighted by molar-refractivity contribution is 0.355. The molecule has 0 aliphatic rings. The molecule has 1 aromatic heterocycles. The molecule has 3 aromatic rings. The normalized spacial score (nSPS) is 11.0. The van der Waals surface area contributed by atoms with E-state index in [9.17, 15) is 0 Å². The summed E-state index contributed by atoms with van der Waals surface area (Å²) in [5.41, 5.74) is 2.87. The summed E-state index contributed by atoms with van der Waals surface area (Å²) in [6.45, 7) is 2.60. The topological polar surface area (TPSA) is 68.0 Å². The van der Waals surface area contributed by atoms with Crippen LogP contribution in [-0.4, -0.2) is 27.2 Å². The zero-order chi connectivity index (χ0) is 18.5. The van der Waals surface area contributed by atoms with E-state index in [0.29, 0.717) is 24.0 Å². The van der Waals surface area contributed by atoms with Crippen LogP contribution in [0.15, 0.2) is 51.9 Å². The molecule has 0 atom stereocenters. The molecular weight excluding hydrogens is 457 g/mol. The maximum Gasteiger partial charge on any atom is 0.195 e. The van der Waals surface area contributed by atoms with E-state index in [1.165, 1.54) is 0 Å². The number of furan rings is 1. The minimum Gasteiger partial charge on any atom is -0.493 e. The number of hydrogen-bond donors (Lipinski definition) is 2. The Hall–Kier alpha value is -2.42. The van der Waals surface area contributed by atoms with Crippen molar-refractivity contribution in [2.45, 2.75) is 13.5 Å². The quantitative estimate of drug-likeness (QED) is 0.318. The van der Waals surface area contributed by atoms with E-state index >= 15 is 0 Å². The van der Waals surface area contributed by atoms with Crippen LogP contribution in [0.3, 0.4) is 0 Å². The lowest BCUT2D eigenvalue weighted by Gasteiger charge is -2.13. The van der Waals surface area contributed by atoms with E-state index in [-0.39, 0.29) is 24.0 Å². The number of anilines is 1. The SMILES string of the molecule is CN=C(NCc1oc2ccccc2c1C)Nc1ccc(OC)c(OC)c1.I. The maximum absolute atomic E-state index is 5.93. The molecule has 1 heterocycles. The first-order valence-electron chi connectivity index (χ1n) is 8.33. The molecule has 7 heteroatoms. The lowest BCUT2D eigenvalue weighted by atomic mass is 10.1. The fourth-order valence-corrected chi connectivity index (χ4v) is 2.79. The van der Waals surface area contributed by atoms with Crippen molar-refractivity contribution in [3.8, 4) is 11.5 Å². The number of aryl methyl sites for hydroxylation is 1. The predicted molar refractivity (Wildman–Crippen MR) is 120 cm³/mol. The minimum absolute atomic E-state index is 0. The van der Waals surface area contributed by atoms with Crippen LogP contribution in [0.25, 0.3) is 11.0 Å². The van der Waals surface area contributed by atoms with Crippen molar-refractivity contribution in [2.24, 2.45) is 4.99 Å². The van der Waals surface area contributed by atoms with Gasteiger partial charge in [0.1, 0.15) is 11.3 Å². The van der Waals surface area contributed by atoms with Gasteiger partial charge in [0.15, 0.2) is 17.5 Å². The van der Waals surface area contributed by atoms with Crippen molar-refractivity contribution in [3.05, 3.63) is 53.8 Å². The summed E-state index contributed by atoms with van der Waals surface area (Å²) in [4.78, 5) is 4.26.